The molecule has 2 heterocycles. The van der Waals surface area contributed by atoms with E-state index in [0.29, 0.717) is 0 Å². The third-order valence-corrected chi connectivity index (χ3v) is 5.41. The molecule has 2 unspecified atom stereocenters. The summed E-state index contributed by atoms with van der Waals surface area (Å²) < 4.78 is 14.3. The molecule has 134 valence electrons. The Balaban J connectivity index is 1.78. The first-order valence-corrected chi connectivity index (χ1v) is 9.41. The van der Waals surface area contributed by atoms with Crippen LogP contribution in [-0.4, -0.2) is 29.0 Å². The molecule has 0 saturated heterocycles. The molecule has 0 fully saturated rings. The van der Waals surface area contributed by atoms with Crippen LogP contribution in [0.1, 0.15) is 29.6 Å². The fourth-order valence-electron chi connectivity index (χ4n) is 3.47. The minimum absolute atomic E-state index is 0.00285. The number of para-hydroxylation sites is 1. The topological polar surface area (TPSA) is 61.2 Å². The second-order valence-corrected chi connectivity index (χ2v) is 7.36. The van der Waals surface area contributed by atoms with Gasteiger partial charge in [-0.05, 0) is 52.8 Å². The highest BCUT2D eigenvalue weighted by molar-refractivity contribution is 14.1. The van der Waals surface area contributed by atoms with Gasteiger partial charge in [-0.2, -0.15) is 10.1 Å². The first-order valence-electron chi connectivity index (χ1n) is 8.33. The highest BCUT2D eigenvalue weighted by Crippen LogP contribution is 2.43. The highest BCUT2D eigenvalue weighted by atomic mass is 127. The number of anilines is 1. The summed E-state index contributed by atoms with van der Waals surface area (Å²) in [5.41, 5.74) is 2.27. The lowest BCUT2D eigenvalue weighted by atomic mass is 9.92. The standard InChI is InChI=1S/C19H19IN4O2/c1-25-17-5-3-4-14(18(17)26-2)16-10-15(12-6-8-13(20)9-7-12)23-19-21-11-22-24(16)19/h3-9,11,15-16H,10H2,1-2H3,(H,21,22,23). The van der Waals surface area contributed by atoms with E-state index in [4.69, 9.17) is 9.47 Å². The number of nitrogens with one attached hydrogen (secondary N) is 1. The van der Waals surface area contributed by atoms with Crippen LogP contribution in [0, 0.1) is 3.57 Å². The molecule has 0 aliphatic carbocycles. The maximum absolute atomic E-state index is 5.66. The molecule has 4 rings (SSSR count). The molecule has 1 aliphatic heterocycles. The third-order valence-electron chi connectivity index (χ3n) is 4.70. The van der Waals surface area contributed by atoms with Gasteiger partial charge < -0.3 is 14.8 Å². The molecule has 2 atom stereocenters. The molecule has 0 radical (unpaired) electrons. The molecule has 0 amide bonds. The molecule has 0 spiro atoms. The van der Waals surface area contributed by atoms with E-state index in [2.05, 4.69) is 68.3 Å². The molecule has 7 heteroatoms. The Bertz CT molecular complexity index is 910. The molecule has 26 heavy (non-hydrogen) atoms. The Labute approximate surface area is 165 Å². The van der Waals surface area contributed by atoms with Gasteiger partial charge in [0.15, 0.2) is 11.5 Å². The summed E-state index contributed by atoms with van der Waals surface area (Å²) in [4.78, 5) is 4.39. The predicted molar refractivity (Wildman–Crippen MR) is 108 cm³/mol. The maximum Gasteiger partial charge on any atom is 0.222 e. The normalized spacial score (nSPS) is 18.7. The van der Waals surface area contributed by atoms with Crippen molar-refractivity contribution in [3.8, 4) is 11.5 Å². The number of fused-ring (bicyclic) bond motifs is 1. The SMILES string of the molecule is COc1cccc(C2CC(c3ccc(I)cc3)Nc3ncnn32)c1OC. The lowest BCUT2D eigenvalue weighted by Crippen LogP contribution is -2.28. The van der Waals surface area contributed by atoms with Crippen LogP contribution in [-0.2, 0) is 0 Å². The molecular weight excluding hydrogens is 443 g/mol. The average molecular weight is 462 g/mol. The van der Waals surface area contributed by atoms with Crippen molar-refractivity contribution in [2.75, 3.05) is 19.5 Å². The lowest BCUT2D eigenvalue weighted by molar-refractivity contribution is 0.340. The number of hydrogen-bond acceptors (Lipinski definition) is 5. The number of nitrogens with zero attached hydrogens (tertiary/aromatic N) is 3. The molecule has 3 aromatic rings. The van der Waals surface area contributed by atoms with E-state index in [0.717, 1.165) is 29.4 Å². The number of benzene rings is 2. The van der Waals surface area contributed by atoms with Gasteiger partial charge in [0.2, 0.25) is 5.95 Å². The Morgan fingerprint density at radius 3 is 2.65 bits per heavy atom. The Hall–Kier alpha value is -2.29. The van der Waals surface area contributed by atoms with Gasteiger partial charge in [0.1, 0.15) is 6.33 Å². The Morgan fingerprint density at radius 2 is 1.92 bits per heavy atom. The summed E-state index contributed by atoms with van der Waals surface area (Å²) in [6, 6.07) is 14.7. The fraction of sp³-hybridized carbons (Fsp3) is 0.263. The van der Waals surface area contributed by atoms with Gasteiger partial charge in [-0.15, -0.1) is 0 Å². The van der Waals surface area contributed by atoms with Gasteiger partial charge in [0.25, 0.3) is 0 Å². The molecule has 2 aromatic carbocycles. The van der Waals surface area contributed by atoms with Gasteiger partial charge in [-0.3, -0.25) is 0 Å². The number of hydrogen-bond donors (Lipinski definition) is 1. The van der Waals surface area contributed by atoms with Crippen LogP contribution in [0.15, 0.2) is 48.8 Å². The Kier molecular flexibility index (Phi) is 4.71. The summed E-state index contributed by atoms with van der Waals surface area (Å²) in [5, 5.41) is 7.93. The van der Waals surface area contributed by atoms with Crippen molar-refractivity contribution >= 4 is 28.5 Å². The minimum Gasteiger partial charge on any atom is -0.493 e. The zero-order valence-corrected chi connectivity index (χ0v) is 16.7. The van der Waals surface area contributed by atoms with Gasteiger partial charge >= 0.3 is 0 Å². The smallest absolute Gasteiger partial charge is 0.222 e. The zero-order chi connectivity index (χ0) is 18.1. The van der Waals surface area contributed by atoms with Crippen LogP contribution in [0.4, 0.5) is 5.95 Å². The van der Waals surface area contributed by atoms with Crippen LogP contribution in [0.5, 0.6) is 11.5 Å². The molecule has 6 nitrogen and oxygen atoms in total. The van der Waals surface area contributed by atoms with Crippen molar-refractivity contribution in [1.82, 2.24) is 14.8 Å². The van der Waals surface area contributed by atoms with Crippen LogP contribution >= 0.6 is 22.6 Å². The van der Waals surface area contributed by atoms with Gasteiger partial charge in [-0.25, -0.2) is 4.68 Å². The van der Waals surface area contributed by atoms with Gasteiger partial charge in [-0.1, -0.05) is 24.3 Å². The van der Waals surface area contributed by atoms with E-state index in [1.807, 2.05) is 16.8 Å². The number of rotatable bonds is 4. The molecule has 0 saturated carbocycles. The van der Waals surface area contributed by atoms with Crippen LogP contribution in [0.2, 0.25) is 0 Å². The lowest BCUT2D eigenvalue weighted by Gasteiger charge is -2.32. The van der Waals surface area contributed by atoms with E-state index >= 15 is 0 Å². The summed E-state index contributed by atoms with van der Waals surface area (Å²) in [7, 11) is 3.32. The highest BCUT2D eigenvalue weighted by Gasteiger charge is 2.32. The average Bonchev–Trinajstić information content (AvgIpc) is 3.15. The maximum atomic E-state index is 5.66. The van der Waals surface area contributed by atoms with E-state index in [1.54, 1.807) is 20.5 Å². The van der Waals surface area contributed by atoms with Crippen LogP contribution in [0.25, 0.3) is 0 Å². The minimum atomic E-state index is 0.00285. The fourth-order valence-corrected chi connectivity index (χ4v) is 3.83. The second-order valence-electron chi connectivity index (χ2n) is 6.11. The predicted octanol–water partition coefficient (Wildman–Crippen LogP) is 4.05. The second kappa shape index (κ2) is 7.14. The van der Waals surface area contributed by atoms with E-state index in [1.165, 1.54) is 9.13 Å². The summed E-state index contributed by atoms with van der Waals surface area (Å²) >= 11 is 2.32. The van der Waals surface area contributed by atoms with Crippen molar-refractivity contribution < 1.29 is 9.47 Å². The van der Waals surface area contributed by atoms with Crippen molar-refractivity contribution in [3.63, 3.8) is 0 Å². The van der Waals surface area contributed by atoms with Crippen LogP contribution in [0.3, 0.4) is 0 Å². The van der Waals surface area contributed by atoms with Gasteiger partial charge in [0, 0.05) is 9.13 Å². The van der Waals surface area contributed by atoms with Crippen LogP contribution < -0.4 is 14.8 Å². The monoisotopic (exact) mass is 462 g/mol. The van der Waals surface area contributed by atoms with Gasteiger partial charge in [0.05, 0.1) is 26.3 Å². The molecule has 1 aromatic heterocycles. The summed E-state index contributed by atoms with van der Waals surface area (Å²) in [6.45, 7) is 0. The number of ether oxygens (including phenoxy) is 2. The first-order chi connectivity index (χ1) is 12.7. The van der Waals surface area contributed by atoms with E-state index in [-0.39, 0.29) is 12.1 Å². The third kappa shape index (κ3) is 3.00. The summed E-state index contributed by atoms with van der Waals surface area (Å²) in [5.74, 6) is 2.22. The van der Waals surface area contributed by atoms with E-state index < -0.39 is 0 Å². The zero-order valence-electron chi connectivity index (χ0n) is 14.5. The quantitative estimate of drug-likeness (QED) is 0.593. The first kappa shape index (κ1) is 17.1. The molecule has 0 bridgehead atoms. The molecule has 1 aliphatic rings. The van der Waals surface area contributed by atoms with Crippen molar-refractivity contribution in [2.45, 2.75) is 18.5 Å². The number of methoxy groups -OCH3 is 2. The molecular formula is C19H19IN4O2. The van der Waals surface area contributed by atoms with Crippen molar-refractivity contribution in [2.24, 2.45) is 0 Å². The Morgan fingerprint density at radius 1 is 1.12 bits per heavy atom. The van der Waals surface area contributed by atoms with Crippen molar-refractivity contribution in [3.05, 3.63) is 63.5 Å². The van der Waals surface area contributed by atoms with E-state index in [9.17, 15) is 0 Å². The largest absolute Gasteiger partial charge is 0.493 e. The summed E-state index contributed by atoms with van der Waals surface area (Å²) in [6.07, 6.45) is 2.42. The molecule has 1 N–H and O–H groups in total. The number of aromatic nitrogens is 3. The number of halogens is 1. The van der Waals surface area contributed by atoms with Crippen molar-refractivity contribution in [1.29, 1.82) is 0 Å².